The molecule has 0 spiro atoms. The molecule has 0 radical (unpaired) electrons. The van der Waals surface area contributed by atoms with Gasteiger partial charge in [0, 0.05) is 22.7 Å². The number of rotatable bonds is 3. The molecule has 0 aliphatic carbocycles. The van der Waals surface area contributed by atoms with Gasteiger partial charge in [0.25, 0.3) is 5.24 Å². The van der Waals surface area contributed by atoms with Crippen LogP contribution in [0.3, 0.4) is 0 Å². The fourth-order valence-electron chi connectivity index (χ4n) is 1.09. The van der Waals surface area contributed by atoms with E-state index in [1.807, 2.05) is 0 Å². The summed E-state index contributed by atoms with van der Waals surface area (Å²) in [4.78, 5) is 11.0. The number of benzene rings is 1. The average molecular weight is 254 g/mol. The minimum absolute atomic E-state index is 0.360. The lowest BCUT2D eigenvalue weighted by Crippen LogP contribution is -2.10. The molecule has 0 N–H and O–H groups in total. The topological polar surface area (TPSA) is 26.3 Å². The zero-order valence-electron chi connectivity index (χ0n) is 7.26. The summed E-state index contributed by atoms with van der Waals surface area (Å²) in [6.45, 7) is 0. The Bertz CT molecular complexity index is 332. The Morgan fingerprint density at radius 2 is 1.86 bits per heavy atom. The molecule has 0 saturated carbocycles. The van der Waals surface area contributed by atoms with Crippen LogP contribution in [-0.2, 0) is 9.53 Å². The van der Waals surface area contributed by atoms with Crippen LogP contribution in [0.5, 0.6) is 0 Å². The maximum Gasteiger partial charge on any atom is 0.255 e. The van der Waals surface area contributed by atoms with Gasteiger partial charge in [-0.1, -0.05) is 29.3 Å². The molecule has 0 aliphatic heterocycles. The van der Waals surface area contributed by atoms with Crippen LogP contribution in [0, 0.1) is 0 Å². The predicted octanol–water partition coefficient (Wildman–Crippen LogP) is 3.45. The molecule has 0 fully saturated rings. The van der Waals surface area contributed by atoms with Crippen molar-refractivity contribution in [3.05, 3.63) is 33.8 Å². The summed E-state index contributed by atoms with van der Waals surface area (Å²) < 4.78 is 4.91. The summed E-state index contributed by atoms with van der Waals surface area (Å²) in [6.07, 6.45) is -0.919. The molecule has 1 rings (SSSR count). The summed E-state index contributed by atoms with van der Waals surface area (Å²) in [5.74, 6) is 0. The molecule has 1 atom stereocenters. The standard InChI is InChI=1S/C9H7Cl3O2/c1-14-8(9(12)13)7-5(10)3-2-4-6(7)11/h2-4,8H,1H3. The number of ether oxygens (including phenoxy) is 1. The van der Waals surface area contributed by atoms with E-state index in [9.17, 15) is 4.79 Å². The summed E-state index contributed by atoms with van der Waals surface area (Å²) in [5.41, 5.74) is 0.401. The van der Waals surface area contributed by atoms with Gasteiger partial charge in [-0.25, -0.2) is 0 Å². The van der Waals surface area contributed by atoms with E-state index < -0.39 is 11.3 Å². The van der Waals surface area contributed by atoms with Crippen molar-refractivity contribution in [2.45, 2.75) is 6.10 Å². The van der Waals surface area contributed by atoms with E-state index >= 15 is 0 Å². The molecular weight excluding hydrogens is 246 g/mol. The molecule has 0 aliphatic rings. The van der Waals surface area contributed by atoms with Gasteiger partial charge in [-0.3, -0.25) is 4.79 Å². The van der Waals surface area contributed by atoms with Crippen LogP contribution in [-0.4, -0.2) is 12.4 Å². The van der Waals surface area contributed by atoms with Gasteiger partial charge in [0.1, 0.15) is 0 Å². The fraction of sp³-hybridized carbons (Fsp3) is 0.222. The molecule has 1 aromatic carbocycles. The lowest BCUT2D eigenvalue weighted by Gasteiger charge is -2.13. The van der Waals surface area contributed by atoms with Crippen molar-refractivity contribution in [1.29, 1.82) is 0 Å². The van der Waals surface area contributed by atoms with Crippen LogP contribution in [0.25, 0.3) is 0 Å². The molecule has 0 aromatic heterocycles. The Balaban J connectivity index is 3.22. The van der Waals surface area contributed by atoms with Gasteiger partial charge in [-0.05, 0) is 23.7 Å². The molecule has 0 saturated heterocycles. The minimum atomic E-state index is -0.919. The summed E-state index contributed by atoms with van der Waals surface area (Å²) in [5, 5.41) is 0.0687. The van der Waals surface area contributed by atoms with E-state index in [-0.39, 0.29) is 0 Å². The first kappa shape index (κ1) is 11.8. The largest absolute Gasteiger partial charge is 0.367 e. The quantitative estimate of drug-likeness (QED) is 0.771. The maximum atomic E-state index is 11.0. The van der Waals surface area contributed by atoms with Gasteiger partial charge >= 0.3 is 0 Å². The van der Waals surface area contributed by atoms with Gasteiger partial charge in [0.05, 0.1) is 0 Å². The van der Waals surface area contributed by atoms with Crippen molar-refractivity contribution >= 4 is 40.0 Å². The van der Waals surface area contributed by atoms with Gasteiger partial charge in [0.15, 0.2) is 6.10 Å². The first-order valence-corrected chi connectivity index (χ1v) is 4.87. The van der Waals surface area contributed by atoms with Crippen molar-refractivity contribution in [2.24, 2.45) is 0 Å². The summed E-state index contributed by atoms with van der Waals surface area (Å²) >= 11 is 17.1. The molecule has 1 aromatic rings. The van der Waals surface area contributed by atoms with Crippen molar-refractivity contribution < 1.29 is 9.53 Å². The van der Waals surface area contributed by atoms with Crippen LogP contribution in [0.4, 0.5) is 0 Å². The Labute approximate surface area is 96.7 Å². The van der Waals surface area contributed by atoms with Gasteiger partial charge < -0.3 is 4.74 Å². The number of carbonyl (C=O) groups is 1. The predicted molar refractivity (Wildman–Crippen MR) is 57.1 cm³/mol. The second-order valence-electron chi connectivity index (χ2n) is 2.56. The minimum Gasteiger partial charge on any atom is -0.367 e. The molecule has 76 valence electrons. The van der Waals surface area contributed by atoms with E-state index in [1.54, 1.807) is 18.2 Å². The summed E-state index contributed by atoms with van der Waals surface area (Å²) in [7, 11) is 1.37. The fourth-order valence-corrected chi connectivity index (χ4v) is 1.88. The smallest absolute Gasteiger partial charge is 0.255 e. The zero-order chi connectivity index (χ0) is 10.7. The molecule has 0 bridgehead atoms. The molecule has 0 heterocycles. The number of hydrogen-bond acceptors (Lipinski definition) is 2. The second-order valence-corrected chi connectivity index (χ2v) is 3.74. The number of hydrogen-bond donors (Lipinski definition) is 0. The van der Waals surface area contributed by atoms with Crippen molar-refractivity contribution in [3.63, 3.8) is 0 Å². The highest BCUT2D eigenvalue weighted by Gasteiger charge is 2.23. The van der Waals surface area contributed by atoms with Gasteiger partial charge in [-0.15, -0.1) is 0 Å². The van der Waals surface area contributed by atoms with Crippen LogP contribution in [0.1, 0.15) is 11.7 Å². The lowest BCUT2D eigenvalue weighted by molar-refractivity contribution is -0.121. The first-order valence-electron chi connectivity index (χ1n) is 3.74. The number of halogens is 3. The molecule has 0 amide bonds. The third-order valence-electron chi connectivity index (χ3n) is 1.70. The first-order chi connectivity index (χ1) is 6.57. The molecule has 2 nitrogen and oxygen atoms in total. The molecule has 1 unspecified atom stereocenters. The van der Waals surface area contributed by atoms with Crippen molar-refractivity contribution in [1.82, 2.24) is 0 Å². The monoisotopic (exact) mass is 252 g/mol. The van der Waals surface area contributed by atoms with E-state index in [0.717, 1.165) is 0 Å². The lowest BCUT2D eigenvalue weighted by atomic mass is 10.1. The molecular formula is C9H7Cl3O2. The third-order valence-corrected chi connectivity index (χ3v) is 2.56. The Morgan fingerprint density at radius 3 is 2.21 bits per heavy atom. The SMILES string of the molecule is COC(C(=O)Cl)c1c(Cl)cccc1Cl. The van der Waals surface area contributed by atoms with E-state index in [0.29, 0.717) is 15.6 Å². The van der Waals surface area contributed by atoms with E-state index in [4.69, 9.17) is 39.5 Å². The highest BCUT2D eigenvalue weighted by molar-refractivity contribution is 6.64. The van der Waals surface area contributed by atoms with Crippen molar-refractivity contribution in [2.75, 3.05) is 7.11 Å². The average Bonchev–Trinajstić information content (AvgIpc) is 2.10. The highest BCUT2D eigenvalue weighted by Crippen LogP contribution is 2.33. The van der Waals surface area contributed by atoms with Crippen LogP contribution >= 0.6 is 34.8 Å². The van der Waals surface area contributed by atoms with Crippen LogP contribution in [0.2, 0.25) is 10.0 Å². The Kier molecular flexibility index (Phi) is 4.20. The second kappa shape index (κ2) is 4.99. The van der Waals surface area contributed by atoms with E-state index in [2.05, 4.69) is 0 Å². The van der Waals surface area contributed by atoms with Gasteiger partial charge in [0.2, 0.25) is 0 Å². The van der Waals surface area contributed by atoms with Crippen molar-refractivity contribution in [3.8, 4) is 0 Å². The third kappa shape index (κ3) is 2.39. The molecule has 14 heavy (non-hydrogen) atoms. The van der Waals surface area contributed by atoms with Gasteiger partial charge in [-0.2, -0.15) is 0 Å². The van der Waals surface area contributed by atoms with Crippen LogP contribution < -0.4 is 0 Å². The Hall–Kier alpha value is -0.280. The van der Waals surface area contributed by atoms with E-state index in [1.165, 1.54) is 7.11 Å². The highest BCUT2D eigenvalue weighted by atomic mass is 35.5. The summed E-state index contributed by atoms with van der Waals surface area (Å²) in [6, 6.07) is 4.92. The Morgan fingerprint density at radius 1 is 1.36 bits per heavy atom. The number of carbonyl (C=O) groups excluding carboxylic acids is 1. The number of methoxy groups -OCH3 is 1. The maximum absolute atomic E-state index is 11.0. The zero-order valence-corrected chi connectivity index (χ0v) is 9.53. The normalized spacial score (nSPS) is 12.6. The molecule has 5 heteroatoms. The van der Waals surface area contributed by atoms with Crippen LogP contribution in [0.15, 0.2) is 18.2 Å².